The second kappa shape index (κ2) is 6.19. The number of hydrogen-bond donors (Lipinski definition) is 1. The number of fused-ring (bicyclic) bond motifs is 1. The summed E-state index contributed by atoms with van der Waals surface area (Å²) in [5, 5.41) is 15.3. The van der Waals surface area contributed by atoms with E-state index in [1.807, 2.05) is 24.6 Å². The van der Waals surface area contributed by atoms with Crippen LogP contribution in [0.3, 0.4) is 0 Å². The molecule has 1 N–H and O–H groups in total. The van der Waals surface area contributed by atoms with Crippen LogP contribution in [0.5, 0.6) is 0 Å². The first-order valence-electron chi connectivity index (χ1n) is 7.41. The fourth-order valence-corrected chi connectivity index (χ4v) is 2.90. The highest BCUT2D eigenvalue weighted by Gasteiger charge is 2.20. The number of nitrogens with zero attached hydrogens (tertiary/aromatic N) is 2. The van der Waals surface area contributed by atoms with Gasteiger partial charge in [-0.2, -0.15) is 5.10 Å². The van der Waals surface area contributed by atoms with Crippen molar-refractivity contribution in [3.63, 3.8) is 0 Å². The largest absolute Gasteiger partial charge is 0.396 e. The third-order valence-electron chi connectivity index (χ3n) is 3.28. The summed E-state index contributed by atoms with van der Waals surface area (Å²) >= 11 is 3.52. The first-order valence-corrected chi connectivity index (χ1v) is 11.7. The van der Waals surface area contributed by atoms with Crippen molar-refractivity contribution in [1.82, 2.24) is 9.78 Å². The SMILES string of the molecule is CC(C)(CO)Cn1nc(C#C[Si](C)(C)C)c2ccc(Br)cc21. The molecule has 0 unspecified atom stereocenters. The lowest BCUT2D eigenvalue weighted by Crippen LogP contribution is -2.24. The molecule has 118 valence electrons. The molecule has 0 saturated carbocycles. The highest BCUT2D eigenvalue weighted by Crippen LogP contribution is 2.26. The van der Waals surface area contributed by atoms with E-state index >= 15 is 0 Å². The average Bonchev–Trinajstić information content (AvgIpc) is 2.73. The summed E-state index contributed by atoms with van der Waals surface area (Å²) in [5.41, 5.74) is 5.05. The molecule has 3 nitrogen and oxygen atoms in total. The van der Waals surface area contributed by atoms with Crippen LogP contribution in [-0.4, -0.2) is 29.6 Å². The summed E-state index contributed by atoms with van der Waals surface area (Å²) in [4.78, 5) is 0. The zero-order valence-corrected chi connectivity index (χ0v) is 16.5. The molecule has 0 aliphatic carbocycles. The predicted octanol–water partition coefficient (Wildman–Crippen LogP) is 4.05. The molecule has 0 aliphatic heterocycles. The Morgan fingerprint density at radius 3 is 2.59 bits per heavy atom. The molecule has 2 rings (SSSR count). The average molecular weight is 379 g/mol. The van der Waals surface area contributed by atoms with Crippen LogP contribution in [0.25, 0.3) is 10.9 Å². The minimum absolute atomic E-state index is 0.123. The molecule has 0 atom stereocenters. The quantitative estimate of drug-likeness (QED) is 0.646. The smallest absolute Gasteiger partial charge is 0.142 e. The number of aliphatic hydroxyl groups excluding tert-OH is 1. The molecule has 0 amide bonds. The molecule has 1 aromatic carbocycles. The zero-order chi connectivity index (χ0) is 16.5. The Morgan fingerprint density at radius 2 is 2.00 bits per heavy atom. The summed E-state index contributed by atoms with van der Waals surface area (Å²) < 4.78 is 2.98. The fourth-order valence-electron chi connectivity index (χ4n) is 2.06. The van der Waals surface area contributed by atoms with Crippen molar-refractivity contribution in [2.24, 2.45) is 5.41 Å². The van der Waals surface area contributed by atoms with Crippen LogP contribution in [0.4, 0.5) is 0 Å². The molecule has 2 aromatic rings. The molecule has 0 spiro atoms. The van der Waals surface area contributed by atoms with Crippen LogP contribution < -0.4 is 0 Å². The first-order chi connectivity index (χ1) is 10.1. The molecule has 1 heterocycles. The van der Waals surface area contributed by atoms with Crippen molar-refractivity contribution in [3.8, 4) is 11.5 Å². The van der Waals surface area contributed by atoms with E-state index in [2.05, 4.69) is 59.2 Å². The van der Waals surface area contributed by atoms with E-state index < -0.39 is 8.07 Å². The monoisotopic (exact) mass is 378 g/mol. The minimum atomic E-state index is -1.44. The van der Waals surface area contributed by atoms with Crippen LogP contribution in [-0.2, 0) is 6.54 Å². The molecule has 1 aromatic heterocycles. The minimum Gasteiger partial charge on any atom is -0.396 e. The predicted molar refractivity (Wildman–Crippen MR) is 98.5 cm³/mol. The van der Waals surface area contributed by atoms with Gasteiger partial charge < -0.3 is 5.11 Å². The summed E-state index contributed by atoms with van der Waals surface area (Å²) in [6, 6.07) is 6.14. The number of rotatable bonds is 3. The van der Waals surface area contributed by atoms with Gasteiger partial charge in [-0.3, -0.25) is 4.68 Å². The van der Waals surface area contributed by atoms with Crippen molar-refractivity contribution in [3.05, 3.63) is 28.4 Å². The van der Waals surface area contributed by atoms with Gasteiger partial charge in [0.1, 0.15) is 13.8 Å². The van der Waals surface area contributed by atoms with Gasteiger partial charge in [0.05, 0.1) is 5.52 Å². The molecule has 22 heavy (non-hydrogen) atoms. The van der Waals surface area contributed by atoms with Gasteiger partial charge in [0.2, 0.25) is 0 Å². The maximum atomic E-state index is 9.53. The van der Waals surface area contributed by atoms with Gasteiger partial charge in [-0.05, 0) is 18.2 Å². The molecule has 0 aliphatic rings. The normalized spacial score (nSPS) is 12.3. The van der Waals surface area contributed by atoms with Crippen molar-refractivity contribution in [2.45, 2.75) is 40.0 Å². The Morgan fingerprint density at radius 1 is 1.32 bits per heavy atom. The van der Waals surface area contributed by atoms with Gasteiger partial charge in [0.15, 0.2) is 0 Å². The number of hydrogen-bond acceptors (Lipinski definition) is 2. The van der Waals surface area contributed by atoms with Gasteiger partial charge in [0, 0.05) is 28.4 Å². The highest BCUT2D eigenvalue weighted by molar-refractivity contribution is 9.10. The summed E-state index contributed by atoms with van der Waals surface area (Å²) in [7, 11) is -1.44. The summed E-state index contributed by atoms with van der Waals surface area (Å²) in [6.45, 7) is 11.5. The van der Waals surface area contributed by atoms with Gasteiger partial charge in [0.25, 0.3) is 0 Å². The van der Waals surface area contributed by atoms with Gasteiger partial charge in [-0.25, -0.2) is 0 Å². The van der Waals surface area contributed by atoms with Crippen molar-refractivity contribution in [2.75, 3.05) is 6.61 Å². The van der Waals surface area contributed by atoms with Gasteiger partial charge in [-0.15, -0.1) is 5.54 Å². The molecule has 0 radical (unpaired) electrons. The Bertz CT molecular complexity index is 748. The summed E-state index contributed by atoms with van der Waals surface area (Å²) in [6.07, 6.45) is 0. The third-order valence-corrected chi connectivity index (χ3v) is 4.64. The van der Waals surface area contributed by atoms with E-state index in [1.165, 1.54) is 0 Å². The molecule has 5 heteroatoms. The first kappa shape index (κ1) is 17.3. The van der Waals surface area contributed by atoms with Crippen molar-refractivity contribution < 1.29 is 5.11 Å². The lowest BCUT2D eigenvalue weighted by atomic mass is 9.95. The van der Waals surface area contributed by atoms with Gasteiger partial charge in [-0.1, -0.05) is 55.3 Å². The Hall–Kier alpha value is -1.09. The maximum Gasteiger partial charge on any atom is 0.142 e. The van der Waals surface area contributed by atoms with Crippen LogP contribution in [0.1, 0.15) is 19.5 Å². The Kier molecular flexibility index (Phi) is 4.86. The number of benzene rings is 1. The molecular formula is C17H23BrN2OSi. The Labute approximate surface area is 141 Å². The van der Waals surface area contributed by atoms with Crippen LogP contribution in [0, 0.1) is 16.9 Å². The highest BCUT2D eigenvalue weighted by atomic mass is 79.9. The lowest BCUT2D eigenvalue weighted by Gasteiger charge is -2.21. The fraction of sp³-hybridized carbons (Fsp3) is 0.471. The Balaban J connectivity index is 2.57. The second-order valence-electron chi connectivity index (χ2n) is 7.49. The zero-order valence-electron chi connectivity index (χ0n) is 13.9. The standard InChI is InChI=1S/C17H23BrN2OSi/c1-17(2,12-21)11-20-16-10-13(18)6-7-14(16)15(19-20)8-9-22(3,4)5/h6-7,10,21H,11-12H2,1-5H3. The second-order valence-corrected chi connectivity index (χ2v) is 13.2. The number of aromatic nitrogens is 2. The van der Waals surface area contributed by atoms with Crippen LogP contribution >= 0.6 is 15.9 Å². The van der Waals surface area contributed by atoms with E-state index in [-0.39, 0.29) is 12.0 Å². The molecule has 0 saturated heterocycles. The van der Waals surface area contributed by atoms with Crippen LogP contribution in [0.2, 0.25) is 19.6 Å². The number of aliphatic hydroxyl groups is 1. The lowest BCUT2D eigenvalue weighted by molar-refractivity contribution is 0.138. The topological polar surface area (TPSA) is 38.0 Å². The maximum absolute atomic E-state index is 9.53. The van der Waals surface area contributed by atoms with Crippen molar-refractivity contribution >= 4 is 34.9 Å². The number of halogens is 1. The van der Waals surface area contributed by atoms with E-state index in [9.17, 15) is 5.11 Å². The van der Waals surface area contributed by atoms with E-state index in [1.54, 1.807) is 0 Å². The van der Waals surface area contributed by atoms with Crippen molar-refractivity contribution in [1.29, 1.82) is 0 Å². The third kappa shape index (κ3) is 4.22. The molecule has 0 fully saturated rings. The molecule has 0 bridgehead atoms. The molecular weight excluding hydrogens is 356 g/mol. The van der Waals surface area contributed by atoms with E-state index in [0.29, 0.717) is 6.54 Å². The van der Waals surface area contributed by atoms with E-state index in [4.69, 9.17) is 5.10 Å². The van der Waals surface area contributed by atoms with Crippen LogP contribution in [0.15, 0.2) is 22.7 Å². The van der Waals surface area contributed by atoms with E-state index in [0.717, 1.165) is 21.1 Å². The van der Waals surface area contributed by atoms with Gasteiger partial charge >= 0.3 is 0 Å². The summed E-state index contributed by atoms with van der Waals surface area (Å²) in [5.74, 6) is 3.27.